The van der Waals surface area contributed by atoms with Gasteiger partial charge in [0.1, 0.15) is 6.04 Å². The molecule has 2 unspecified atom stereocenters. The van der Waals surface area contributed by atoms with Crippen LogP contribution in [-0.2, 0) is 23.9 Å². The fourth-order valence-electron chi connectivity index (χ4n) is 8.36. The van der Waals surface area contributed by atoms with Gasteiger partial charge in [-0.2, -0.15) is 13.2 Å². The average molecular weight is 723 g/mol. The van der Waals surface area contributed by atoms with Gasteiger partial charge >= 0.3 is 18.2 Å². The third kappa shape index (κ3) is 6.91. The van der Waals surface area contributed by atoms with Gasteiger partial charge in [-0.05, 0) is 62.2 Å². The van der Waals surface area contributed by atoms with Gasteiger partial charge in [0.25, 0.3) is 0 Å². The minimum atomic E-state index is -4.74. The first-order valence-corrected chi connectivity index (χ1v) is 18.3. The zero-order valence-corrected chi connectivity index (χ0v) is 28.9. The molecular weight excluding hydrogens is 681 g/mol. The van der Waals surface area contributed by atoms with Crippen LogP contribution >= 0.6 is 22.9 Å². The second-order valence-electron chi connectivity index (χ2n) is 14.1. The van der Waals surface area contributed by atoms with Gasteiger partial charge in [0.15, 0.2) is 0 Å². The number of carbonyl (C=O) groups is 3. The first kappa shape index (κ1) is 34.2. The molecule has 5 aliphatic rings. The Kier molecular flexibility index (Phi) is 9.39. The highest BCUT2D eigenvalue weighted by molar-refractivity contribution is 7.08. The molecule has 0 radical (unpaired) electrons. The Morgan fingerprint density at radius 1 is 1.02 bits per heavy atom. The molecule has 2 aromatic rings. The number of nitrogens with zero attached hydrogens (tertiary/aromatic N) is 5. The molecule has 1 aromatic carbocycles. The monoisotopic (exact) mass is 722 g/mol. The molecule has 49 heavy (non-hydrogen) atoms. The van der Waals surface area contributed by atoms with E-state index >= 15 is 0 Å². The van der Waals surface area contributed by atoms with Crippen molar-refractivity contribution < 1.29 is 27.6 Å². The van der Waals surface area contributed by atoms with E-state index in [0.29, 0.717) is 63.7 Å². The Morgan fingerprint density at radius 2 is 1.71 bits per heavy atom. The smallest absolute Gasteiger partial charge is 0.397 e. The molecule has 2 bridgehead atoms. The molecule has 3 atom stereocenters. The molecule has 16 heteroatoms. The normalized spacial score (nSPS) is 24.7. The molecule has 1 aromatic heterocycles. The summed E-state index contributed by atoms with van der Waals surface area (Å²) in [6.45, 7) is 4.33. The number of rotatable bonds is 6. The summed E-state index contributed by atoms with van der Waals surface area (Å²) in [4.78, 5) is 50.6. The van der Waals surface area contributed by atoms with Gasteiger partial charge < -0.3 is 36.0 Å². The highest BCUT2D eigenvalue weighted by Gasteiger charge is 2.45. The lowest BCUT2D eigenvalue weighted by Crippen LogP contribution is -2.58. The molecule has 266 valence electrons. The van der Waals surface area contributed by atoms with Crippen LogP contribution in [0.2, 0.25) is 5.02 Å². The van der Waals surface area contributed by atoms with Gasteiger partial charge in [0.2, 0.25) is 5.91 Å². The first-order valence-electron chi connectivity index (χ1n) is 16.9. The zero-order valence-electron chi connectivity index (χ0n) is 27.3. The number of fused-ring (bicyclic) bond motifs is 3. The van der Waals surface area contributed by atoms with Gasteiger partial charge in [-0.3, -0.25) is 9.69 Å². The molecule has 4 N–H and O–H groups in total. The SMILES string of the molecule is CN1CC2CC1CN2C1CCN(C(=O)[C@@H](Cc2cc(Cl)c(N)c(C(F)(F)F)c2)NC(=O)N2CCC(N3Cc4cscc4NC3=O)CC2)CC1. The van der Waals surface area contributed by atoms with Crippen molar-refractivity contribution in [3.8, 4) is 0 Å². The number of halogens is 4. The molecule has 0 spiro atoms. The lowest BCUT2D eigenvalue weighted by Gasteiger charge is -2.43. The number of piperidine rings is 2. The minimum absolute atomic E-state index is 0.0558. The van der Waals surface area contributed by atoms with Crippen molar-refractivity contribution in [3.05, 3.63) is 44.6 Å². The number of anilines is 2. The van der Waals surface area contributed by atoms with Gasteiger partial charge in [-0.1, -0.05) is 11.6 Å². The van der Waals surface area contributed by atoms with E-state index in [1.165, 1.54) is 23.8 Å². The maximum Gasteiger partial charge on any atom is 0.418 e. The van der Waals surface area contributed by atoms with Crippen molar-refractivity contribution in [1.29, 1.82) is 0 Å². The number of benzene rings is 1. The van der Waals surface area contributed by atoms with Crippen LogP contribution in [0.4, 0.5) is 34.1 Å². The van der Waals surface area contributed by atoms with Gasteiger partial charge in [-0.25, -0.2) is 9.59 Å². The van der Waals surface area contributed by atoms with E-state index < -0.39 is 29.5 Å². The summed E-state index contributed by atoms with van der Waals surface area (Å²) in [5, 5.41) is 9.47. The highest BCUT2D eigenvalue weighted by atomic mass is 35.5. The Balaban J connectivity index is 1.02. The number of hydrogen-bond acceptors (Lipinski definition) is 7. The predicted octanol–water partition coefficient (Wildman–Crippen LogP) is 4.51. The molecule has 0 saturated carbocycles. The molecular formula is C33H42ClF3N8O3S. The minimum Gasteiger partial charge on any atom is -0.397 e. The molecule has 6 heterocycles. The standard InChI is InChI=1S/C33H42ClF3N8O3S/c1-41-15-24-13-23(41)16-44(24)21-2-6-42(7-3-21)30(46)27(12-19-10-25(33(35,36)37)29(38)26(34)11-19)39-31(47)43-8-4-22(5-9-43)45-14-20-17-49-18-28(20)40-32(45)48/h10-11,17-18,21-24,27H,2-9,12-16,38H2,1H3,(H,39,47)(H,40,48)/t23?,24?,27-/m1/s1. The van der Waals surface area contributed by atoms with E-state index in [-0.39, 0.29) is 35.0 Å². The summed E-state index contributed by atoms with van der Waals surface area (Å²) in [6, 6.07) is 1.94. The van der Waals surface area contributed by atoms with Crippen LogP contribution < -0.4 is 16.4 Å². The first-order chi connectivity index (χ1) is 23.4. The number of hydrogen-bond donors (Lipinski definition) is 3. The third-order valence-corrected chi connectivity index (χ3v) is 12.2. The topological polar surface area (TPSA) is 117 Å². The maximum atomic E-state index is 14.1. The second-order valence-corrected chi connectivity index (χ2v) is 15.2. The number of carbonyl (C=O) groups excluding carboxylic acids is 3. The van der Waals surface area contributed by atoms with Crippen molar-refractivity contribution in [2.24, 2.45) is 0 Å². The Hall–Kier alpha value is -3.27. The molecule has 11 nitrogen and oxygen atoms in total. The number of piperazine rings is 1. The zero-order chi connectivity index (χ0) is 34.6. The number of thiophene rings is 1. The largest absolute Gasteiger partial charge is 0.418 e. The number of likely N-dealkylation sites (tertiary alicyclic amines) is 4. The van der Waals surface area contributed by atoms with Crippen LogP contribution in [0.25, 0.3) is 0 Å². The summed E-state index contributed by atoms with van der Waals surface area (Å²) in [5.74, 6) is -0.331. The van der Waals surface area contributed by atoms with E-state index in [9.17, 15) is 27.6 Å². The molecule has 7 rings (SSSR count). The summed E-state index contributed by atoms with van der Waals surface area (Å²) in [6.07, 6.45) is -1.02. The van der Waals surface area contributed by atoms with Crippen molar-refractivity contribution in [2.45, 2.75) is 81.5 Å². The quantitative estimate of drug-likeness (QED) is 0.378. The number of nitrogens with one attached hydrogen (secondary N) is 2. The number of likely N-dealkylation sites (N-methyl/N-ethyl adjacent to an activating group) is 1. The van der Waals surface area contributed by atoms with Crippen LogP contribution in [0.5, 0.6) is 0 Å². The summed E-state index contributed by atoms with van der Waals surface area (Å²) >= 11 is 7.67. The average Bonchev–Trinajstić information content (AvgIpc) is 3.80. The van der Waals surface area contributed by atoms with E-state index in [1.54, 1.807) is 14.7 Å². The number of alkyl halides is 3. The Bertz CT molecular complexity index is 1590. The number of nitrogens with two attached hydrogens (primary N) is 1. The molecule has 5 amide bonds. The lowest BCUT2D eigenvalue weighted by molar-refractivity contribution is -0.137. The van der Waals surface area contributed by atoms with E-state index in [2.05, 4.69) is 27.5 Å². The Labute approximate surface area is 292 Å². The van der Waals surface area contributed by atoms with Crippen LogP contribution in [0.1, 0.15) is 48.8 Å². The number of amides is 5. The van der Waals surface area contributed by atoms with Crippen molar-refractivity contribution in [2.75, 3.05) is 57.4 Å². The highest BCUT2D eigenvalue weighted by Crippen LogP contribution is 2.38. The van der Waals surface area contributed by atoms with E-state index in [0.717, 1.165) is 43.2 Å². The summed E-state index contributed by atoms with van der Waals surface area (Å²) < 4.78 is 41.4. The van der Waals surface area contributed by atoms with Crippen LogP contribution in [-0.4, -0.2) is 119 Å². The van der Waals surface area contributed by atoms with Crippen LogP contribution in [0.3, 0.4) is 0 Å². The second kappa shape index (κ2) is 13.5. The Morgan fingerprint density at radius 3 is 2.37 bits per heavy atom. The van der Waals surface area contributed by atoms with Gasteiger partial charge in [0, 0.05) is 80.8 Å². The van der Waals surface area contributed by atoms with Crippen LogP contribution in [0, 0.1) is 0 Å². The van der Waals surface area contributed by atoms with Crippen molar-refractivity contribution in [1.82, 2.24) is 29.8 Å². The summed E-state index contributed by atoms with van der Waals surface area (Å²) in [5.41, 5.74) is 6.08. The number of nitrogen functional groups attached to an aromatic ring is 1. The lowest BCUT2D eigenvalue weighted by atomic mass is 9.98. The van der Waals surface area contributed by atoms with E-state index in [4.69, 9.17) is 17.3 Å². The molecule has 4 saturated heterocycles. The van der Waals surface area contributed by atoms with Gasteiger partial charge in [0.05, 0.1) is 28.5 Å². The summed E-state index contributed by atoms with van der Waals surface area (Å²) in [7, 11) is 2.17. The maximum absolute atomic E-state index is 14.1. The van der Waals surface area contributed by atoms with Crippen LogP contribution in [0.15, 0.2) is 22.9 Å². The van der Waals surface area contributed by atoms with Crippen molar-refractivity contribution >= 4 is 52.3 Å². The predicted molar refractivity (Wildman–Crippen MR) is 181 cm³/mol. The fraction of sp³-hybridized carbons (Fsp3) is 0.606. The molecule has 4 fully saturated rings. The van der Waals surface area contributed by atoms with E-state index in [1.807, 2.05) is 10.8 Å². The van der Waals surface area contributed by atoms with Gasteiger partial charge in [-0.15, -0.1) is 11.3 Å². The van der Waals surface area contributed by atoms with Crippen molar-refractivity contribution in [3.63, 3.8) is 0 Å². The fourth-order valence-corrected chi connectivity index (χ4v) is 9.38. The molecule has 5 aliphatic heterocycles. The third-order valence-electron chi connectivity index (χ3n) is 11.1. The molecule has 0 aliphatic carbocycles. The number of urea groups is 2.